The zero-order valence-electron chi connectivity index (χ0n) is 10.5. The molecule has 0 bridgehead atoms. The van der Waals surface area contributed by atoms with Crippen LogP contribution in [0.4, 0.5) is 0 Å². The lowest BCUT2D eigenvalue weighted by Crippen LogP contribution is -2.19. The van der Waals surface area contributed by atoms with E-state index in [1.807, 2.05) is 0 Å². The van der Waals surface area contributed by atoms with E-state index in [2.05, 4.69) is 6.92 Å². The minimum atomic E-state index is 0.453. The lowest BCUT2D eigenvalue weighted by Gasteiger charge is -2.10. The van der Waals surface area contributed by atoms with Crippen LogP contribution in [0.15, 0.2) is 0 Å². The Kier molecular flexibility index (Phi) is 11.9. The first kappa shape index (κ1) is 14.9. The molecule has 0 aromatic heterocycles. The van der Waals surface area contributed by atoms with E-state index in [0.29, 0.717) is 6.04 Å². The molecule has 0 heterocycles. The zero-order valence-corrected chi connectivity index (χ0v) is 10.5. The van der Waals surface area contributed by atoms with Gasteiger partial charge in [0.25, 0.3) is 0 Å². The van der Waals surface area contributed by atoms with E-state index in [1.54, 1.807) is 0 Å². The molecule has 1 unspecified atom stereocenters. The summed E-state index contributed by atoms with van der Waals surface area (Å²) in [4.78, 5) is 0. The maximum Gasteiger partial charge on any atom is 0.00388 e. The van der Waals surface area contributed by atoms with Gasteiger partial charge in [0.15, 0.2) is 0 Å². The number of hydrogen-bond acceptors (Lipinski definition) is 2. The molecule has 0 radical (unpaired) electrons. The van der Waals surface area contributed by atoms with Gasteiger partial charge in [-0.1, -0.05) is 51.9 Å². The van der Waals surface area contributed by atoms with Crippen LogP contribution in [-0.2, 0) is 0 Å². The monoisotopic (exact) mass is 214 g/mol. The second kappa shape index (κ2) is 12.0. The topological polar surface area (TPSA) is 52.0 Å². The summed E-state index contributed by atoms with van der Waals surface area (Å²) in [6, 6.07) is 0.453. The highest BCUT2D eigenvalue weighted by Crippen LogP contribution is 2.10. The fraction of sp³-hybridized carbons (Fsp3) is 1.00. The fourth-order valence-corrected chi connectivity index (χ4v) is 1.87. The molecule has 0 aliphatic heterocycles. The first-order valence-corrected chi connectivity index (χ1v) is 6.77. The second-order valence-electron chi connectivity index (χ2n) is 4.60. The van der Waals surface area contributed by atoms with Crippen LogP contribution in [0.25, 0.3) is 0 Å². The smallest absolute Gasteiger partial charge is 0.00388 e. The number of hydrogen-bond donors (Lipinski definition) is 2. The largest absolute Gasteiger partial charge is 0.330 e. The molecular formula is C13H30N2. The average Bonchev–Trinajstić information content (AvgIpc) is 2.25. The quantitative estimate of drug-likeness (QED) is 0.519. The molecule has 0 saturated heterocycles. The summed E-state index contributed by atoms with van der Waals surface area (Å²) in [6.07, 6.45) is 12.9. The first-order valence-electron chi connectivity index (χ1n) is 6.77. The second-order valence-corrected chi connectivity index (χ2v) is 4.60. The van der Waals surface area contributed by atoms with Gasteiger partial charge < -0.3 is 11.5 Å². The molecule has 92 valence electrons. The van der Waals surface area contributed by atoms with Crippen molar-refractivity contribution in [2.24, 2.45) is 11.5 Å². The Morgan fingerprint density at radius 3 is 1.93 bits per heavy atom. The van der Waals surface area contributed by atoms with Crippen molar-refractivity contribution >= 4 is 0 Å². The molecular weight excluding hydrogens is 184 g/mol. The molecule has 4 N–H and O–H groups in total. The molecule has 0 rings (SSSR count). The Hall–Kier alpha value is -0.0800. The van der Waals surface area contributed by atoms with Crippen molar-refractivity contribution in [2.75, 3.05) is 6.54 Å². The van der Waals surface area contributed by atoms with Crippen molar-refractivity contribution in [1.82, 2.24) is 0 Å². The lowest BCUT2D eigenvalue weighted by atomic mass is 10.0. The van der Waals surface area contributed by atoms with Crippen LogP contribution in [0, 0.1) is 0 Å². The van der Waals surface area contributed by atoms with Gasteiger partial charge in [-0.3, -0.25) is 0 Å². The van der Waals surface area contributed by atoms with Crippen molar-refractivity contribution in [2.45, 2.75) is 77.2 Å². The van der Waals surface area contributed by atoms with Gasteiger partial charge in [0.1, 0.15) is 0 Å². The summed E-state index contributed by atoms with van der Waals surface area (Å²) in [5.74, 6) is 0. The molecule has 0 fully saturated rings. The van der Waals surface area contributed by atoms with Gasteiger partial charge in [-0.15, -0.1) is 0 Å². The Labute approximate surface area is 95.8 Å². The molecule has 0 aromatic rings. The predicted molar refractivity (Wildman–Crippen MR) is 68.9 cm³/mol. The normalized spacial score (nSPS) is 13.0. The Morgan fingerprint density at radius 2 is 1.33 bits per heavy atom. The van der Waals surface area contributed by atoms with E-state index in [1.165, 1.54) is 64.2 Å². The summed E-state index contributed by atoms with van der Waals surface area (Å²) in [6.45, 7) is 3.08. The lowest BCUT2D eigenvalue weighted by molar-refractivity contribution is 0.497. The molecule has 2 heteroatoms. The van der Waals surface area contributed by atoms with Crippen molar-refractivity contribution in [3.05, 3.63) is 0 Å². The van der Waals surface area contributed by atoms with E-state index in [0.717, 1.165) is 6.54 Å². The van der Waals surface area contributed by atoms with Crippen LogP contribution in [0.1, 0.15) is 71.1 Å². The van der Waals surface area contributed by atoms with Gasteiger partial charge in [-0.05, 0) is 25.8 Å². The first-order chi connectivity index (χ1) is 7.31. The fourth-order valence-electron chi connectivity index (χ4n) is 1.87. The third-order valence-electron chi connectivity index (χ3n) is 2.96. The van der Waals surface area contributed by atoms with Gasteiger partial charge in [0.2, 0.25) is 0 Å². The third-order valence-corrected chi connectivity index (χ3v) is 2.96. The molecule has 0 aromatic carbocycles. The number of nitrogens with two attached hydrogens (primary N) is 2. The molecule has 0 spiro atoms. The van der Waals surface area contributed by atoms with Gasteiger partial charge >= 0.3 is 0 Å². The highest BCUT2D eigenvalue weighted by atomic mass is 14.6. The zero-order chi connectivity index (χ0) is 11.4. The summed E-state index contributed by atoms with van der Waals surface area (Å²) in [5.41, 5.74) is 11.4. The van der Waals surface area contributed by atoms with Gasteiger partial charge in [-0.25, -0.2) is 0 Å². The minimum Gasteiger partial charge on any atom is -0.330 e. The summed E-state index contributed by atoms with van der Waals surface area (Å²) >= 11 is 0. The average molecular weight is 214 g/mol. The van der Waals surface area contributed by atoms with E-state index in [4.69, 9.17) is 11.5 Å². The molecule has 0 aliphatic rings. The van der Waals surface area contributed by atoms with Crippen LogP contribution < -0.4 is 11.5 Å². The van der Waals surface area contributed by atoms with E-state index >= 15 is 0 Å². The van der Waals surface area contributed by atoms with Crippen LogP contribution in [-0.4, -0.2) is 12.6 Å². The molecule has 0 saturated carbocycles. The summed E-state index contributed by atoms with van der Waals surface area (Å²) < 4.78 is 0. The van der Waals surface area contributed by atoms with Crippen molar-refractivity contribution in [1.29, 1.82) is 0 Å². The Morgan fingerprint density at radius 1 is 0.800 bits per heavy atom. The Balaban J connectivity index is 3.02. The van der Waals surface area contributed by atoms with Gasteiger partial charge in [0, 0.05) is 6.04 Å². The number of rotatable bonds is 11. The van der Waals surface area contributed by atoms with Crippen molar-refractivity contribution in [3.8, 4) is 0 Å². The van der Waals surface area contributed by atoms with E-state index < -0.39 is 0 Å². The van der Waals surface area contributed by atoms with Gasteiger partial charge in [-0.2, -0.15) is 0 Å². The van der Waals surface area contributed by atoms with Crippen LogP contribution in [0.3, 0.4) is 0 Å². The standard InChI is InChI=1S/C13H30N2/c1-2-3-10-13(15)11-8-6-4-5-7-9-12-14/h13H,2-12,14-15H2,1H3. The molecule has 1 atom stereocenters. The SMILES string of the molecule is CCCCC(N)CCCCCCCCN. The maximum atomic E-state index is 6.01. The van der Waals surface area contributed by atoms with Gasteiger partial charge in [0.05, 0.1) is 0 Å². The maximum absolute atomic E-state index is 6.01. The highest BCUT2D eigenvalue weighted by molar-refractivity contribution is 4.61. The van der Waals surface area contributed by atoms with Crippen molar-refractivity contribution in [3.63, 3.8) is 0 Å². The molecule has 0 aliphatic carbocycles. The summed E-state index contributed by atoms with van der Waals surface area (Å²) in [5, 5.41) is 0. The number of unbranched alkanes of at least 4 members (excludes halogenated alkanes) is 6. The van der Waals surface area contributed by atoms with Crippen molar-refractivity contribution < 1.29 is 0 Å². The minimum absolute atomic E-state index is 0.453. The molecule has 0 amide bonds. The van der Waals surface area contributed by atoms with Crippen LogP contribution >= 0.6 is 0 Å². The third kappa shape index (κ3) is 11.8. The molecule has 15 heavy (non-hydrogen) atoms. The Bertz CT molecular complexity index is 115. The van der Waals surface area contributed by atoms with E-state index in [9.17, 15) is 0 Å². The highest BCUT2D eigenvalue weighted by Gasteiger charge is 2.00. The van der Waals surface area contributed by atoms with Crippen LogP contribution in [0.5, 0.6) is 0 Å². The van der Waals surface area contributed by atoms with Crippen LogP contribution in [0.2, 0.25) is 0 Å². The predicted octanol–water partition coefficient (Wildman–Crippen LogP) is 3.19. The molecule has 2 nitrogen and oxygen atoms in total. The van der Waals surface area contributed by atoms with E-state index in [-0.39, 0.29) is 0 Å². The summed E-state index contributed by atoms with van der Waals surface area (Å²) in [7, 11) is 0.